The minimum atomic E-state index is -4.57. The Balaban J connectivity index is 2.06. The first-order valence-corrected chi connectivity index (χ1v) is 7.53. The van der Waals surface area contributed by atoms with E-state index in [9.17, 15) is 23.1 Å². The largest absolute Gasteiger partial charge is 0.416 e. The summed E-state index contributed by atoms with van der Waals surface area (Å²) >= 11 is 0. The van der Waals surface area contributed by atoms with Gasteiger partial charge in [-0.3, -0.25) is 4.98 Å². The molecule has 8 heteroatoms. The quantitative estimate of drug-likeness (QED) is 0.774. The average Bonchev–Trinajstić information content (AvgIpc) is 2.57. The Labute approximate surface area is 142 Å². The van der Waals surface area contributed by atoms with E-state index in [-0.39, 0.29) is 12.1 Å². The van der Waals surface area contributed by atoms with Crippen LogP contribution in [0.1, 0.15) is 28.3 Å². The summed E-state index contributed by atoms with van der Waals surface area (Å²) in [7, 11) is 0. The molecular weight excluding hydrogens is 335 g/mol. The Morgan fingerprint density at radius 1 is 1.28 bits per heavy atom. The summed E-state index contributed by atoms with van der Waals surface area (Å²) in [4.78, 5) is 16.0. The van der Waals surface area contributed by atoms with Crippen LogP contribution in [0.3, 0.4) is 0 Å². The molecule has 134 valence electrons. The van der Waals surface area contributed by atoms with E-state index < -0.39 is 30.4 Å². The SMILES string of the molecule is Cc1cncc(CNC(=O)NC(CO)c2ccccc2C(F)(F)F)c1. The van der Waals surface area contributed by atoms with Crippen LogP contribution < -0.4 is 10.6 Å². The number of aromatic nitrogens is 1. The maximum Gasteiger partial charge on any atom is 0.416 e. The van der Waals surface area contributed by atoms with Crippen LogP contribution in [0.25, 0.3) is 0 Å². The van der Waals surface area contributed by atoms with Gasteiger partial charge in [0.1, 0.15) is 0 Å². The molecule has 2 amide bonds. The zero-order valence-electron chi connectivity index (χ0n) is 13.5. The number of aliphatic hydroxyl groups excluding tert-OH is 1. The van der Waals surface area contributed by atoms with Gasteiger partial charge in [0.25, 0.3) is 0 Å². The molecule has 0 spiro atoms. The third-order valence-corrected chi connectivity index (χ3v) is 3.51. The number of nitrogens with one attached hydrogen (secondary N) is 2. The summed E-state index contributed by atoms with van der Waals surface area (Å²) < 4.78 is 39.2. The number of halogens is 3. The van der Waals surface area contributed by atoms with Crippen LogP contribution in [0.4, 0.5) is 18.0 Å². The number of nitrogens with zero attached hydrogens (tertiary/aromatic N) is 1. The average molecular weight is 353 g/mol. The highest BCUT2D eigenvalue weighted by Gasteiger charge is 2.35. The van der Waals surface area contributed by atoms with Crippen molar-refractivity contribution < 1.29 is 23.1 Å². The van der Waals surface area contributed by atoms with Crippen molar-refractivity contribution in [3.63, 3.8) is 0 Å². The number of pyridine rings is 1. The van der Waals surface area contributed by atoms with Crippen LogP contribution in [0, 0.1) is 6.92 Å². The molecule has 0 bridgehead atoms. The van der Waals surface area contributed by atoms with Crippen molar-refractivity contribution in [3.05, 3.63) is 65.0 Å². The molecule has 2 rings (SSSR count). The van der Waals surface area contributed by atoms with Crippen molar-refractivity contribution in [2.45, 2.75) is 25.7 Å². The lowest BCUT2D eigenvalue weighted by Crippen LogP contribution is -2.39. The van der Waals surface area contributed by atoms with Gasteiger partial charge in [0.2, 0.25) is 0 Å². The van der Waals surface area contributed by atoms with E-state index in [2.05, 4.69) is 15.6 Å². The Morgan fingerprint density at radius 3 is 2.64 bits per heavy atom. The molecule has 0 fully saturated rings. The lowest BCUT2D eigenvalue weighted by atomic mass is 10.0. The van der Waals surface area contributed by atoms with Gasteiger partial charge in [-0.15, -0.1) is 0 Å². The van der Waals surface area contributed by atoms with Crippen LogP contribution >= 0.6 is 0 Å². The van der Waals surface area contributed by atoms with Crippen molar-refractivity contribution in [1.29, 1.82) is 0 Å². The monoisotopic (exact) mass is 353 g/mol. The Morgan fingerprint density at radius 2 is 2.00 bits per heavy atom. The van der Waals surface area contributed by atoms with Gasteiger partial charge in [-0.25, -0.2) is 4.79 Å². The van der Waals surface area contributed by atoms with Crippen LogP contribution in [-0.2, 0) is 12.7 Å². The molecule has 0 saturated carbocycles. The van der Waals surface area contributed by atoms with Gasteiger partial charge < -0.3 is 15.7 Å². The summed E-state index contributed by atoms with van der Waals surface area (Å²) in [6, 6.07) is 4.79. The second-order valence-corrected chi connectivity index (χ2v) is 5.52. The molecule has 3 N–H and O–H groups in total. The second-order valence-electron chi connectivity index (χ2n) is 5.52. The molecule has 1 aromatic heterocycles. The molecule has 1 atom stereocenters. The van der Waals surface area contributed by atoms with E-state index in [0.717, 1.165) is 17.2 Å². The third kappa shape index (κ3) is 5.18. The maximum atomic E-state index is 13.1. The zero-order valence-corrected chi connectivity index (χ0v) is 13.5. The highest BCUT2D eigenvalue weighted by molar-refractivity contribution is 5.74. The smallest absolute Gasteiger partial charge is 0.394 e. The van der Waals surface area contributed by atoms with Crippen LogP contribution in [-0.4, -0.2) is 22.7 Å². The van der Waals surface area contributed by atoms with Gasteiger partial charge in [0.15, 0.2) is 0 Å². The number of amides is 2. The van der Waals surface area contributed by atoms with E-state index in [4.69, 9.17) is 0 Å². The summed E-state index contributed by atoms with van der Waals surface area (Å²) in [6.07, 6.45) is -1.33. The first-order chi connectivity index (χ1) is 11.8. The van der Waals surface area contributed by atoms with Crippen molar-refractivity contribution in [2.75, 3.05) is 6.61 Å². The molecule has 0 saturated heterocycles. The third-order valence-electron chi connectivity index (χ3n) is 3.51. The molecule has 0 aliphatic rings. The number of aryl methyl sites for hydroxylation is 1. The van der Waals surface area contributed by atoms with Crippen LogP contribution in [0.5, 0.6) is 0 Å². The van der Waals surface area contributed by atoms with Gasteiger partial charge in [-0.05, 0) is 29.7 Å². The number of rotatable bonds is 5. The number of carbonyl (C=O) groups is 1. The first kappa shape index (κ1) is 18.7. The molecule has 0 radical (unpaired) electrons. The van der Waals surface area contributed by atoms with Crippen molar-refractivity contribution >= 4 is 6.03 Å². The van der Waals surface area contributed by atoms with E-state index in [1.807, 2.05) is 13.0 Å². The topological polar surface area (TPSA) is 74.2 Å². The number of hydrogen-bond acceptors (Lipinski definition) is 3. The molecule has 0 aliphatic carbocycles. The number of urea groups is 1. The van der Waals surface area contributed by atoms with E-state index in [0.29, 0.717) is 0 Å². The first-order valence-electron chi connectivity index (χ1n) is 7.53. The second kappa shape index (κ2) is 7.98. The Kier molecular flexibility index (Phi) is 5.97. The molecular formula is C17H18F3N3O2. The molecule has 5 nitrogen and oxygen atoms in total. The predicted molar refractivity (Wildman–Crippen MR) is 85.6 cm³/mol. The molecule has 1 heterocycles. The number of alkyl halides is 3. The summed E-state index contributed by atoms with van der Waals surface area (Å²) in [6.45, 7) is 1.36. The number of hydrogen-bond donors (Lipinski definition) is 3. The molecule has 1 unspecified atom stereocenters. The Bertz CT molecular complexity index is 735. The minimum absolute atomic E-state index is 0.166. The standard InChI is InChI=1S/C17H18F3N3O2/c1-11-6-12(8-21-7-11)9-22-16(25)23-15(10-24)13-4-2-3-5-14(13)17(18,19)20/h2-8,15,24H,9-10H2,1H3,(H2,22,23,25). The van der Waals surface area contributed by atoms with Crippen molar-refractivity contribution in [3.8, 4) is 0 Å². The fourth-order valence-corrected chi connectivity index (χ4v) is 2.39. The summed E-state index contributed by atoms with van der Waals surface area (Å²) in [5.41, 5.74) is 0.598. The van der Waals surface area contributed by atoms with Gasteiger partial charge in [-0.1, -0.05) is 24.3 Å². The highest BCUT2D eigenvalue weighted by atomic mass is 19.4. The number of aliphatic hydroxyl groups is 1. The van der Waals surface area contributed by atoms with Gasteiger partial charge in [0.05, 0.1) is 18.2 Å². The lowest BCUT2D eigenvalue weighted by molar-refractivity contribution is -0.138. The molecule has 0 aliphatic heterocycles. The zero-order chi connectivity index (χ0) is 18.4. The molecule has 2 aromatic rings. The van der Waals surface area contributed by atoms with E-state index in [1.165, 1.54) is 18.2 Å². The minimum Gasteiger partial charge on any atom is -0.394 e. The number of benzene rings is 1. The van der Waals surface area contributed by atoms with Gasteiger partial charge in [0, 0.05) is 18.9 Å². The maximum absolute atomic E-state index is 13.1. The van der Waals surface area contributed by atoms with E-state index >= 15 is 0 Å². The number of carbonyl (C=O) groups excluding carboxylic acids is 1. The summed E-state index contributed by atoms with van der Waals surface area (Å²) in [5.74, 6) is 0. The Hall–Kier alpha value is -2.61. The predicted octanol–water partition coefficient (Wildman–Crippen LogP) is 2.94. The lowest BCUT2D eigenvalue weighted by Gasteiger charge is -2.21. The summed E-state index contributed by atoms with van der Waals surface area (Å²) in [5, 5.41) is 14.3. The fraction of sp³-hybridized carbons (Fsp3) is 0.294. The molecule has 25 heavy (non-hydrogen) atoms. The van der Waals surface area contributed by atoms with Crippen LogP contribution in [0.15, 0.2) is 42.7 Å². The van der Waals surface area contributed by atoms with Crippen LogP contribution in [0.2, 0.25) is 0 Å². The molecule has 1 aromatic carbocycles. The van der Waals surface area contributed by atoms with Crippen molar-refractivity contribution in [2.24, 2.45) is 0 Å². The van der Waals surface area contributed by atoms with Gasteiger partial charge >= 0.3 is 12.2 Å². The van der Waals surface area contributed by atoms with Crippen molar-refractivity contribution in [1.82, 2.24) is 15.6 Å². The van der Waals surface area contributed by atoms with Gasteiger partial charge in [-0.2, -0.15) is 13.2 Å². The normalized spacial score (nSPS) is 12.5. The fourth-order valence-electron chi connectivity index (χ4n) is 2.39. The highest BCUT2D eigenvalue weighted by Crippen LogP contribution is 2.34. The van der Waals surface area contributed by atoms with E-state index in [1.54, 1.807) is 12.4 Å².